The van der Waals surface area contributed by atoms with Gasteiger partial charge in [0, 0.05) is 20.0 Å². The lowest BCUT2D eigenvalue weighted by Gasteiger charge is -2.19. The summed E-state index contributed by atoms with van der Waals surface area (Å²) in [6.07, 6.45) is 1.03. The molecule has 0 unspecified atom stereocenters. The SMILES string of the molecule is CC(C)CN(C)C(=O)CCc1cccc(F)c1. The summed E-state index contributed by atoms with van der Waals surface area (Å²) in [5, 5.41) is 0. The molecule has 0 aliphatic carbocycles. The fourth-order valence-corrected chi connectivity index (χ4v) is 1.78. The summed E-state index contributed by atoms with van der Waals surface area (Å²) >= 11 is 0. The van der Waals surface area contributed by atoms with Gasteiger partial charge in [0.15, 0.2) is 0 Å². The highest BCUT2D eigenvalue weighted by Gasteiger charge is 2.10. The van der Waals surface area contributed by atoms with Crippen LogP contribution >= 0.6 is 0 Å². The van der Waals surface area contributed by atoms with E-state index in [9.17, 15) is 9.18 Å². The minimum Gasteiger partial charge on any atom is -0.345 e. The highest BCUT2D eigenvalue weighted by Crippen LogP contribution is 2.07. The number of carbonyl (C=O) groups is 1. The first kappa shape index (κ1) is 13.7. The van der Waals surface area contributed by atoms with Crippen molar-refractivity contribution in [2.24, 2.45) is 5.92 Å². The van der Waals surface area contributed by atoms with E-state index in [1.807, 2.05) is 13.1 Å². The van der Waals surface area contributed by atoms with Crippen molar-refractivity contribution in [3.8, 4) is 0 Å². The molecule has 1 aromatic carbocycles. The molecule has 0 radical (unpaired) electrons. The summed E-state index contributed by atoms with van der Waals surface area (Å²) in [7, 11) is 1.81. The quantitative estimate of drug-likeness (QED) is 0.771. The molecule has 0 aromatic heterocycles. The molecule has 0 heterocycles. The maximum absolute atomic E-state index is 12.9. The van der Waals surface area contributed by atoms with Crippen molar-refractivity contribution in [3.63, 3.8) is 0 Å². The fourth-order valence-electron chi connectivity index (χ4n) is 1.78. The van der Waals surface area contributed by atoms with E-state index < -0.39 is 0 Å². The lowest BCUT2D eigenvalue weighted by Crippen LogP contribution is -2.30. The van der Waals surface area contributed by atoms with Gasteiger partial charge in [-0.05, 0) is 30.0 Å². The molecule has 1 amide bonds. The van der Waals surface area contributed by atoms with Crippen LogP contribution in [0.3, 0.4) is 0 Å². The van der Waals surface area contributed by atoms with E-state index in [0.29, 0.717) is 18.8 Å². The van der Waals surface area contributed by atoms with Crippen LogP contribution in [-0.4, -0.2) is 24.4 Å². The first-order chi connectivity index (χ1) is 7.99. The highest BCUT2D eigenvalue weighted by atomic mass is 19.1. The Kier molecular flexibility index (Phi) is 5.13. The first-order valence-corrected chi connectivity index (χ1v) is 5.97. The monoisotopic (exact) mass is 237 g/mol. The number of halogens is 1. The Bertz CT molecular complexity index is 376. The van der Waals surface area contributed by atoms with Crippen LogP contribution in [-0.2, 0) is 11.2 Å². The van der Waals surface area contributed by atoms with Gasteiger partial charge >= 0.3 is 0 Å². The molecule has 17 heavy (non-hydrogen) atoms. The molecule has 0 saturated heterocycles. The Morgan fingerprint density at radius 2 is 2.12 bits per heavy atom. The maximum atomic E-state index is 12.9. The lowest BCUT2D eigenvalue weighted by atomic mass is 10.1. The molecule has 0 fully saturated rings. The summed E-state index contributed by atoms with van der Waals surface area (Å²) in [5.41, 5.74) is 0.872. The Morgan fingerprint density at radius 1 is 1.41 bits per heavy atom. The zero-order valence-corrected chi connectivity index (χ0v) is 10.7. The number of rotatable bonds is 5. The molecule has 1 aromatic rings. The average molecular weight is 237 g/mol. The van der Waals surface area contributed by atoms with E-state index in [-0.39, 0.29) is 11.7 Å². The summed E-state index contributed by atoms with van der Waals surface area (Å²) in [5.74, 6) is 0.339. The van der Waals surface area contributed by atoms with Crippen molar-refractivity contribution in [2.45, 2.75) is 26.7 Å². The van der Waals surface area contributed by atoms with E-state index >= 15 is 0 Å². The van der Waals surface area contributed by atoms with Crippen molar-refractivity contribution < 1.29 is 9.18 Å². The molecule has 0 saturated carbocycles. The Balaban J connectivity index is 2.43. The molecule has 3 heteroatoms. The van der Waals surface area contributed by atoms with Crippen molar-refractivity contribution in [1.29, 1.82) is 0 Å². The zero-order chi connectivity index (χ0) is 12.8. The number of benzene rings is 1. The van der Waals surface area contributed by atoms with Gasteiger partial charge in [-0.3, -0.25) is 4.79 Å². The van der Waals surface area contributed by atoms with Gasteiger partial charge in [0.05, 0.1) is 0 Å². The second kappa shape index (κ2) is 6.38. The Morgan fingerprint density at radius 3 is 2.71 bits per heavy atom. The van der Waals surface area contributed by atoms with Crippen LogP contribution in [0.25, 0.3) is 0 Å². The minimum atomic E-state index is -0.245. The Hall–Kier alpha value is -1.38. The van der Waals surface area contributed by atoms with Gasteiger partial charge in [0.1, 0.15) is 5.82 Å². The largest absolute Gasteiger partial charge is 0.345 e. The van der Waals surface area contributed by atoms with E-state index in [1.54, 1.807) is 11.0 Å². The number of amides is 1. The first-order valence-electron chi connectivity index (χ1n) is 5.97. The van der Waals surface area contributed by atoms with Gasteiger partial charge < -0.3 is 4.90 Å². The van der Waals surface area contributed by atoms with Crippen LogP contribution in [0, 0.1) is 11.7 Å². The molecule has 0 N–H and O–H groups in total. The van der Waals surface area contributed by atoms with E-state index in [4.69, 9.17) is 0 Å². The summed E-state index contributed by atoms with van der Waals surface area (Å²) in [6, 6.07) is 6.41. The number of hydrogen-bond acceptors (Lipinski definition) is 1. The second-order valence-electron chi connectivity index (χ2n) is 4.80. The molecule has 94 valence electrons. The van der Waals surface area contributed by atoms with E-state index in [0.717, 1.165) is 12.1 Å². The van der Waals surface area contributed by atoms with Crippen LogP contribution < -0.4 is 0 Å². The van der Waals surface area contributed by atoms with Crippen molar-refractivity contribution >= 4 is 5.91 Å². The van der Waals surface area contributed by atoms with Gasteiger partial charge in [-0.15, -0.1) is 0 Å². The number of hydrogen-bond donors (Lipinski definition) is 0. The third-order valence-electron chi connectivity index (χ3n) is 2.58. The predicted molar refractivity (Wildman–Crippen MR) is 67.2 cm³/mol. The zero-order valence-electron chi connectivity index (χ0n) is 10.7. The topological polar surface area (TPSA) is 20.3 Å². The van der Waals surface area contributed by atoms with Crippen LogP contribution in [0.5, 0.6) is 0 Å². The van der Waals surface area contributed by atoms with Crippen molar-refractivity contribution in [2.75, 3.05) is 13.6 Å². The molecule has 0 spiro atoms. The third-order valence-corrected chi connectivity index (χ3v) is 2.58. The van der Waals surface area contributed by atoms with Crippen LogP contribution in [0.1, 0.15) is 25.8 Å². The van der Waals surface area contributed by atoms with Gasteiger partial charge in [-0.25, -0.2) is 4.39 Å². The number of nitrogens with zero attached hydrogens (tertiary/aromatic N) is 1. The number of carbonyl (C=O) groups excluding carboxylic acids is 1. The molecule has 0 atom stereocenters. The molecule has 2 nitrogen and oxygen atoms in total. The van der Waals surface area contributed by atoms with Crippen LogP contribution in [0.2, 0.25) is 0 Å². The van der Waals surface area contributed by atoms with E-state index in [2.05, 4.69) is 13.8 Å². The average Bonchev–Trinajstić information content (AvgIpc) is 2.25. The molecule has 0 aliphatic rings. The summed E-state index contributed by atoms with van der Waals surface area (Å²) in [6.45, 7) is 4.93. The van der Waals surface area contributed by atoms with E-state index in [1.165, 1.54) is 12.1 Å². The van der Waals surface area contributed by atoms with Gasteiger partial charge in [0.2, 0.25) is 5.91 Å². The standard InChI is InChI=1S/C14H20FNO/c1-11(2)10-16(3)14(17)8-7-12-5-4-6-13(15)9-12/h4-6,9,11H,7-8,10H2,1-3H3. The Labute approximate surface area is 102 Å². The predicted octanol–water partition coefficient (Wildman–Crippen LogP) is 2.87. The van der Waals surface area contributed by atoms with Crippen LogP contribution in [0.15, 0.2) is 24.3 Å². The molecular formula is C14H20FNO. The smallest absolute Gasteiger partial charge is 0.222 e. The highest BCUT2D eigenvalue weighted by molar-refractivity contribution is 5.76. The summed E-state index contributed by atoms with van der Waals surface area (Å²) < 4.78 is 12.9. The van der Waals surface area contributed by atoms with Gasteiger partial charge in [0.25, 0.3) is 0 Å². The van der Waals surface area contributed by atoms with Crippen molar-refractivity contribution in [1.82, 2.24) is 4.90 Å². The number of aryl methyl sites for hydroxylation is 1. The second-order valence-corrected chi connectivity index (χ2v) is 4.80. The van der Waals surface area contributed by atoms with Crippen molar-refractivity contribution in [3.05, 3.63) is 35.6 Å². The maximum Gasteiger partial charge on any atom is 0.222 e. The molecular weight excluding hydrogens is 217 g/mol. The summed E-state index contributed by atoms with van der Waals surface area (Å²) in [4.78, 5) is 13.5. The molecule has 0 bridgehead atoms. The molecule has 1 rings (SSSR count). The third kappa shape index (κ3) is 4.98. The normalized spacial score (nSPS) is 10.6. The fraction of sp³-hybridized carbons (Fsp3) is 0.500. The van der Waals surface area contributed by atoms with Crippen LogP contribution in [0.4, 0.5) is 4.39 Å². The lowest BCUT2D eigenvalue weighted by molar-refractivity contribution is -0.130. The minimum absolute atomic E-state index is 0.114. The van der Waals surface area contributed by atoms with Gasteiger partial charge in [-0.1, -0.05) is 26.0 Å². The molecule has 0 aliphatic heterocycles. The van der Waals surface area contributed by atoms with Gasteiger partial charge in [-0.2, -0.15) is 0 Å².